The molecule has 7 nitrogen and oxygen atoms in total. The zero-order valence-corrected chi connectivity index (χ0v) is 18.5. The molecule has 2 unspecified atom stereocenters. The van der Waals surface area contributed by atoms with Gasteiger partial charge < -0.3 is 20.9 Å². The number of benzene rings is 2. The van der Waals surface area contributed by atoms with Crippen LogP contribution in [0.3, 0.4) is 0 Å². The highest BCUT2D eigenvalue weighted by molar-refractivity contribution is 5.88. The van der Waals surface area contributed by atoms with Gasteiger partial charge in [-0.3, -0.25) is 9.59 Å². The highest BCUT2D eigenvalue weighted by atomic mass is 19.1. The molecule has 0 bridgehead atoms. The molecule has 2 aromatic carbocycles. The van der Waals surface area contributed by atoms with Crippen LogP contribution in [-0.4, -0.2) is 39.3 Å². The van der Waals surface area contributed by atoms with Crippen molar-refractivity contribution in [3.63, 3.8) is 0 Å². The van der Waals surface area contributed by atoms with Crippen molar-refractivity contribution in [2.75, 3.05) is 6.54 Å². The summed E-state index contributed by atoms with van der Waals surface area (Å²) in [4.78, 5) is 34.7. The molecule has 1 aliphatic rings. The fraction of sp³-hybridized carbons (Fsp3) is 0.320. The van der Waals surface area contributed by atoms with Gasteiger partial charge in [-0.05, 0) is 37.5 Å². The van der Waals surface area contributed by atoms with E-state index in [2.05, 4.69) is 15.3 Å². The Morgan fingerprint density at radius 1 is 1.21 bits per heavy atom. The van der Waals surface area contributed by atoms with E-state index in [0.717, 1.165) is 18.4 Å². The first kappa shape index (κ1) is 22.7. The topological polar surface area (TPSA) is 104 Å². The zero-order valence-electron chi connectivity index (χ0n) is 18.5. The van der Waals surface area contributed by atoms with E-state index in [1.165, 1.54) is 12.3 Å². The number of nitrogens with one attached hydrogen (secondary N) is 2. The minimum Gasteiger partial charge on any atom is -0.345 e. The second-order valence-electron chi connectivity index (χ2n) is 8.36. The number of rotatable bonds is 7. The third-order valence-corrected chi connectivity index (χ3v) is 6.02. The summed E-state index contributed by atoms with van der Waals surface area (Å²) in [5, 5.41) is 2.79. The minimum atomic E-state index is -0.974. The largest absolute Gasteiger partial charge is 0.345 e. The molecule has 33 heavy (non-hydrogen) atoms. The number of aromatic nitrogens is 2. The van der Waals surface area contributed by atoms with Crippen molar-refractivity contribution in [1.29, 1.82) is 0 Å². The Bertz CT molecular complexity index is 1120. The van der Waals surface area contributed by atoms with Crippen molar-refractivity contribution < 1.29 is 14.0 Å². The summed E-state index contributed by atoms with van der Waals surface area (Å²) in [7, 11) is 0. The number of aromatic amines is 1. The van der Waals surface area contributed by atoms with Gasteiger partial charge in [0, 0.05) is 12.1 Å². The molecule has 2 amide bonds. The van der Waals surface area contributed by atoms with Crippen LogP contribution < -0.4 is 11.1 Å². The lowest BCUT2D eigenvalue weighted by Crippen LogP contribution is -2.45. The quantitative estimate of drug-likeness (QED) is 0.514. The molecule has 1 saturated heterocycles. The molecule has 1 aromatic heterocycles. The summed E-state index contributed by atoms with van der Waals surface area (Å²) >= 11 is 0. The van der Waals surface area contributed by atoms with E-state index in [0.29, 0.717) is 23.6 Å². The van der Waals surface area contributed by atoms with Crippen LogP contribution in [0, 0.1) is 5.82 Å². The van der Waals surface area contributed by atoms with Gasteiger partial charge in [0.1, 0.15) is 11.6 Å². The van der Waals surface area contributed by atoms with Gasteiger partial charge in [0.15, 0.2) is 0 Å². The first-order valence-electron chi connectivity index (χ1n) is 11.1. The number of halogens is 1. The molecule has 0 saturated carbocycles. The van der Waals surface area contributed by atoms with Crippen LogP contribution >= 0.6 is 0 Å². The lowest BCUT2D eigenvalue weighted by Gasteiger charge is -2.26. The van der Waals surface area contributed by atoms with Crippen LogP contribution in [0.1, 0.15) is 49.7 Å². The fourth-order valence-electron chi connectivity index (χ4n) is 4.25. The lowest BCUT2D eigenvalue weighted by atomic mass is 10.0. The number of nitrogens with two attached hydrogens (primary N) is 1. The summed E-state index contributed by atoms with van der Waals surface area (Å²) in [6, 6.07) is 14.9. The first-order chi connectivity index (χ1) is 15.9. The zero-order chi connectivity index (χ0) is 23.4. The number of likely N-dealkylation sites (tertiary alicyclic amines) is 1. The molecule has 3 aromatic rings. The number of amides is 2. The second-order valence-corrected chi connectivity index (χ2v) is 8.36. The molecule has 2 heterocycles. The summed E-state index contributed by atoms with van der Waals surface area (Å²) < 4.78 is 14.0. The van der Waals surface area contributed by atoms with Crippen molar-refractivity contribution in [3.8, 4) is 11.3 Å². The van der Waals surface area contributed by atoms with Crippen molar-refractivity contribution in [2.24, 2.45) is 5.73 Å². The molecule has 172 valence electrons. The molecule has 1 fully saturated rings. The third kappa shape index (κ3) is 5.12. The van der Waals surface area contributed by atoms with Gasteiger partial charge in [-0.25, -0.2) is 9.37 Å². The third-order valence-electron chi connectivity index (χ3n) is 6.02. The van der Waals surface area contributed by atoms with Gasteiger partial charge in [0.05, 0.1) is 36.4 Å². The van der Waals surface area contributed by atoms with Crippen molar-refractivity contribution in [3.05, 3.63) is 78.0 Å². The molecular weight excluding hydrogens is 421 g/mol. The maximum atomic E-state index is 14.0. The van der Waals surface area contributed by atoms with Crippen molar-refractivity contribution in [1.82, 2.24) is 20.2 Å². The van der Waals surface area contributed by atoms with Crippen LogP contribution in [0.5, 0.6) is 0 Å². The molecule has 4 rings (SSSR count). The van der Waals surface area contributed by atoms with E-state index in [1.807, 2.05) is 35.2 Å². The number of hydrogen-bond donors (Lipinski definition) is 3. The van der Waals surface area contributed by atoms with Gasteiger partial charge in [0.25, 0.3) is 0 Å². The van der Waals surface area contributed by atoms with E-state index in [-0.39, 0.29) is 24.2 Å². The van der Waals surface area contributed by atoms with Crippen LogP contribution in [0.2, 0.25) is 0 Å². The Morgan fingerprint density at radius 2 is 1.94 bits per heavy atom. The number of carbonyl (C=O) groups excluding carboxylic acids is 2. The molecule has 1 aliphatic heterocycles. The van der Waals surface area contributed by atoms with Crippen LogP contribution in [0.25, 0.3) is 11.3 Å². The highest BCUT2D eigenvalue weighted by Crippen LogP contribution is 2.32. The predicted octanol–water partition coefficient (Wildman–Crippen LogP) is 3.47. The maximum Gasteiger partial charge on any atom is 0.238 e. The number of nitrogens with zero attached hydrogens (tertiary/aromatic N) is 2. The van der Waals surface area contributed by atoms with Gasteiger partial charge in [0.2, 0.25) is 11.8 Å². The maximum absolute atomic E-state index is 14.0. The first-order valence-corrected chi connectivity index (χ1v) is 11.1. The molecule has 0 radical (unpaired) electrons. The van der Waals surface area contributed by atoms with Crippen molar-refractivity contribution >= 4 is 11.8 Å². The molecule has 0 spiro atoms. The average Bonchev–Trinajstić information content (AvgIpc) is 3.50. The van der Waals surface area contributed by atoms with Gasteiger partial charge >= 0.3 is 0 Å². The number of H-pyrrole nitrogens is 1. The monoisotopic (exact) mass is 449 g/mol. The van der Waals surface area contributed by atoms with E-state index < -0.39 is 18.0 Å². The molecular formula is C25H28FN5O2. The Hall–Kier alpha value is -3.52. The predicted molar refractivity (Wildman–Crippen MR) is 123 cm³/mol. The molecule has 8 heteroatoms. The average molecular weight is 450 g/mol. The van der Waals surface area contributed by atoms with E-state index >= 15 is 0 Å². The van der Waals surface area contributed by atoms with E-state index in [4.69, 9.17) is 5.73 Å². The van der Waals surface area contributed by atoms with Crippen LogP contribution in [0.15, 0.2) is 60.8 Å². The molecule has 3 atom stereocenters. The second kappa shape index (κ2) is 9.95. The lowest BCUT2D eigenvalue weighted by molar-refractivity contribution is -0.135. The standard InChI is InChI=1S/C25H28FN5O2/c1-16(24-28-15-21(30-24)18-10-5-6-11-19(18)26)29-25(33)20(27)14-23(32)31-13-7-12-22(31)17-8-3-2-4-9-17/h2-6,8-11,15-16,20,22H,7,12-14,27H2,1H3,(H,28,30)(H,29,33)/t16-,20?,22?/m0/s1. The minimum absolute atomic E-state index is 0.0211. The smallest absolute Gasteiger partial charge is 0.238 e. The highest BCUT2D eigenvalue weighted by Gasteiger charge is 2.32. The summed E-state index contributed by atoms with van der Waals surface area (Å²) in [6.07, 6.45) is 3.28. The summed E-state index contributed by atoms with van der Waals surface area (Å²) in [6.45, 7) is 2.41. The molecule has 4 N–H and O–H groups in total. The Morgan fingerprint density at radius 3 is 2.70 bits per heavy atom. The number of imidazole rings is 1. The van der Waals surface area contributed by atoms with Gasteiger partial charge in [-0.1, -0.05) is 42.5 Å². The Kier molecular flexibility index (Phi) is 6.84. The van der Waals surface area contributed by atoms with E-state index in [9.17, 15) is 14.0 Å². The summed E-state index contributed by atoms with van der Waals surface area (Å²) in [5.41, 5.74) is 8.09. The molecule has 0 aliphatic carbocycles. The number of hydrogen-bond acceptors (Lipinski definition) is 4. The van der Waals surface area contributed by atoms with Gasteiger partial charge in [-0.15, -0.1) is 0 Å². The number of carbonyl (C=O) groups is 2. The fourth-order valence-corrected chi connectivity index (χ4v) is 4.25. The van der Waals surface area contributed by atoms with Crippen LogP contribution in [-0.2, 0) is 9.59 Å². The Labute approximate surface area is 192 Å². The van der Waals surface area contributed by atoms with Gasteiger partial charge in [-0.2, -0.15) is 0 Å². The van der Waals surface area contributed by atoms with E-state index in [1.54, 1.807) is 25.1 Å². The normalized spacial score (nSPS) is 17.5. The summed E-state index contributed by atoms with van der Waals surface area (Å²) in [5.74, 6) is -0.448. The SMILES string of the molecule is C[C@H](NC(=O)C(N)CC(=O)N1CCCC1c1ccccc1)c1ncc(-c2ccccc2F)[nH]1. The Balaban J connectivity index is 1.35. The van der Waals surface area contributed by atoms with Crippen molar-refractivity contribution in [2.45, 2.75) is 44.3 Å². The van der Waals surface area contributed by atoms with Crippen LogP contribution in [0.4, 0.5) is 4.39 Å².